The van der Waals surface area contributed by atoms with Gasteiger partial charge in [0.25, 0.3) is 11.5 Å². The Morgan fingerprint density at radius 3 is 2.81 bits per heavy atom. The Kier molecular flexibility index (Phi) is 3.80. The van der Waals surface area contributed by atoms with E-state index in [9.17, 15) is 14.7 Å². The zero-order valence-corrected chi connectivity index (χ0v) is 14.7. The van der Waals surface area contributed by atoms with E-state index < -0.39 is 17.2 Å². The summed E-state index contributed by atoms with van der Waals surface area (Å²) in [6.07, 6.45) is 1.72. The van der Waals surface area contributed by atoms with Crippen molar-refractivity contribution >= 4 is 16.8 Å². The number of hydrogen-bond donors (Lipinski definition) is 2. The van der Waals surface area contributed by atoms with Crippen molar-refractivity contribution in [1.82, 2.24) is 9.88 Å². The smallest absolute Gasteiger partial charge is 0.293 e. The minimum atomic E-state index is -0.573. The molecule has 4 rings (SSSR count). The Morgan fingerprint density at radius 1 is 1.23 bits per heavy atom. The maximum atomic E-state index is 13.0. The van der Waals surface area contributed by atoms with Crippen molar-refractivity contribution in [2.24, 2.45) is 7.05 Å². The molecule has 3 aromatic rings. The molecule has 26 heavy (non-hydrogen) atoms. The fourth-order valence-corrected chi connectivity index (χ4v) is 3.81. The molecule has 5 heteroatoms. The number of aromatic nitrogens is 1. The summed E-state index contributed by atoms with van der Waals surface area (Å²) in [5, 5.41) is 13.9. The van der Waals surface area contributed by atoms with Crippen LogP contribution in [0.25, 0.3) is 10.9 Å². The third-order valence-corrected chi connectivity index (χ3v) is 5.19. The van der Waals surface area contributed by atoms with Crippen molar-refractivity contribution < 1.29 is 9.90 Å². The van der Waals surface area contributed by atoms with Gasteiger partial charge in [-0.1, -0.05) is 42.0 Å². The minimum Gasteiger partial charge on any atom is -0.502 e. The number of carbonyl (C=O) groups is 1. The zero-order chi connectivity index (χ0) is 18.4. The number of pyridine rings is 1. The normalized spacial score (nSPS) is 15.8. The molecule has 0 fully saturated rings. The Labute approximate surface area is 150 Å². The largest absolute Gasteiger partial charge is 0.502 e. The molecule has 0 unspecified atom stereocenters. The van der Waals surface area contributed by atoms with Gasteiger partial charge in [-0.15, -0.1) is 0 Å². The van der Waals surface area contributed by atoms with Gasteiger partial charge < -0.3 is 15.0 Å². The van der Waals surface area contributed by atoms with Gasteiger partial charge in [-0.3, -0.25) is 9.59 Å². The van der Waals surface area contributed by atoms with Crippen molar-refractivity contribution in [2.75, 3.05) is 0 Å². The van der Waals surface area contributed by atoms with Gasteiger partial charge in [0.15, 0.2) is 5.75 Å². The second-order valence-corrected chi connectivity index (χ2v) is 6.87. The van der Waals surface area contributed by atoms with E-state index in [1.54, 1.807) is 31.3 Å². The summed E-state index contributed by atoms with van der Waals surface area (Å²) in [6.45, 7) is 2.03. The average molecular weight is 348 g/mol. The summed E-state index contributed by atoms with van der Waals surface area (Å²) >= 11 is 0. The number of nitrogens with one attached hydrogen (secondary N) is 1. The predicted molar refractivity (Wildman–Crippen MR) is 101 cm³/mol. The number of amides is 1. The van der Waals surface area contributed by atoms with Crippen LogP contribution in [0.15, 0.2) is 47.3 Å². The minimum absolute atomic E-state index is 0.0461. The van der Waals surface area contributed by atoms with Crippen LogP contribution in [0, 0.1) is 6.92 Å². The number of nitrogens with zero attached hydrogens (tertiary/aromatic N) is 1. The molecule has 1 amide bonds. The highest BCUT2D eigenvalue weighted by Crippen LogP contribution is 2.33. The third kappa shape index (κ3) is 2.47. The average Bonchev–Trinajstić information content (AvgIpc) is 3.02. The van der Waals surface area contributed by atoms with Gasteiger partial charge >= 0.3 is 0 Å². The highest BCUT2D eigenvalue weighted by molar-refractivity contribution is 6.08. The molecule has 1 aliphatic carbocycles. The quantitative estimate of drug-likeness (QED) is 0.748. The van der Waals surface area contributed by atoms with Crippen molar-refractivity contribution in [3.8, 4) is 5.75 Å². The van der Waals surface area contributed by atoms with E-state index in [4.69, 9.17) is 0 Å². The number of fused-ring (bicyclic) bond motifs is 2. The lowest BCUT2D eigenvalue weighted by Gasteiger charge is -2.17. The van der Waals surface area contributed by atoms with Gasteiger partial charge in [-0.25, -0.2) is 0 Å². The SMILES string of the molecule is Cc1ccc2c(c1)[C@H](NC(=O)c1c(O)c(=O)n(C)c3ccccc13)CC2. The first kappa shape index (κ1) is 16.4. The van der Waals surface area contributed by atoms with Gasteiger partial charge in [0, 0.05) is 12.4 Å². The molecule has 1 aromatic heterocycles. The molecule has 2 N–H and O–H groups in total. The molecule has 0 aliphatic heterocycles. The summed E-state index contributed by atoms with van der Waals surface area (Å²) in [5.41, 5.74) is 3.58. The number of rotatable bonds is 2. The summed E-state index contributed by atoms with van der Waals surface area (Å²) in [6, 6.07) is 13.3. The molecule has 1 aliphatic rings. The van der Waals surface area contributed by atoms with Crippen LogP contribution in [0.3, 0.4) is 0 Å². The standard InChI is InChI=1S/C21H20N2O3/c1-12-7-8-13-9-10-16(15(13)11-12)22-20(25)18-14-5-3-4-6-17(14)23(2)21(26)19(18)24/h3-8,11,16,24H,9-10H2,1-2H3,(H,22,25)/t16-/m1/s1. The van der Waals surface area contributed by atoms with Gasteiger partial charge in [0.05, 0.1) is 17.1 Å². The Hall–Kier alpha value is -3.08. The van der Waals surface area contributed by atoms with E-state index in [0.717, 1.165) is 24.0 Å². The Balaban J connectivity index is 1.77. The van der Waals surface area contributed by atoms with Crippen molar-refractivity contribution in [1.29, 1.82) is 0 Å². The number of carbonyl (C=O) groups excluding carboxylic acids is 1. The van der Waals surface area contributed by atoms with Crippen LogP contribution in [-0.4, -0.2) is 15.6 Å². The first-order valence-corrected chi connectivity index (χ1v) is 8.68. The molecule has 132 valence electrons. The van der Waals surface area contributed by atoms with E-state index in [-0.39, 0.29) is 11.6 Å². The van der Waals surface area contributed by atoms with Crippen LogP contribution in [0.2, 0.25) is 0 Å². The fourth-order valence-electron chi connectivity index (χ4n) is 3.81. The zero-order valence-electron chi connectivity index (χ0n) is 14.7. The number of aryl methyl sites for hydroxylation is 3. The molecule has 0 saturated heterocycles. The highest BCUT2D eigenvalue weighted by atomic mass is 16.3. The van der Waals surface area contributed by atoms with Gasteiger partial charge in [-0.05, 0) is 37.0 Å². The lowest BCUT2D eigenvalue weighted by Crippen LogP contribution is -2.30. The summed E-state index contributed by atoms with van der Waals surface area (Å²) < 4.78 is 1.36. The molecule has 1 heterocycles. The third-order valence-electron chi connectivity index (χ3n) is 5.19. The molecule has 0 bridgehead atoms. The topological polar surface area (TPSA) is 71.3 Å². The number of benzene rings is 2. The van der Waals surface area contributed by atoms with Gasteiger partial charge in [-0.2, -0.15) is 0 Å². The number of hydrogen-bond acceptors (Lipinski definition) is 3. The molecule has 5 nitrogen and oxygen atoms in total. The summed E-state index contributed by atoms with van der Waals surface area (Å²) in [5.74, 6) is -0.929. The van der Waals surface area contributed by atoms with Gasteiger partial charge in [0.1, 0.15) is 0 Å². The van der Waals surface area contributed by atoms with Crippen LogP contribution >= 0.6 is 0 Å². The molecule has 1 atom stereocenters. The van der Waals surface area contributed by atoms with Crippen LogP contribution < -0.4 is 10.9 Å². The lowest BCUT2D eigenvalue weighted by molar-refractivity contribution is 0.0935. The summed E-state index contributed by atoms with van der Waals surface area (Å²) in [7, 11) is 1.59. The monoisotopic (exact) mass is 348 g/mol. The van der Waals surface area contributed by atoms with E-state index in [0.29, 0.717) is 10.9 Å². The first-order chi connectivity index (χ1) is 12.5. The van der Waals surface area contributed by atoms with Crippen molar-refractivity contribution in [3.05, 3.63) is 75.1 Å². The van der Waals surface area contributed by atoms with E-state index in [2.05, 4.69) is 23.5 Å². The fraction of sp³-hybridized carbons (Fsp3) is 0.238. The molecule has 0 spiro atoms. The van der Waals surface area contributed by atoms with E-state index in [1.165, 1.54) is 10.1 Å². The maximum absolute atomic E-state index is 13.0. The molecular weight excluding hydrogens is 328 g/mol. The lowest BCUT2D eigenvalue weighted by atomic mass is 10.0. The second kappa shape index (κ2) is 6.02. The van der Waals surface area contributed by atoms with E-state index in [1.807, 2.05) is 6.92 Å². The second-order valence-electron chi connectivity index (χ2n) is 6.87. The predicted octanol–water partition coefficient (Wildman–Crippen LogP) is 2.97. The molecule has 2 aromatic carbocycles. The first-order valence-electron chi connectivity index (χ1n) is 8.68. The van der Waals surface area contributed by atoms with Gasteiger partial charge in [0.2, 0.25) is 0 Å². The van der Waals surface area contributed by atoms with E-state index >= 15 is 0 Å². The molecule has 0 radical (unpaired) electrons. The highest BCUT2D eigenvalue weighted by Gasteiger charge is 2.27. The van der Waals surface area contributed by atoms with Crippen molar-refractivity contribution in [3.63, 3.8) is 0 Å². The maximum Gasteiger partial charge on any atom is 0.293 e. The van der Waals surface area contributed by atoms with Crippen molar-refractivity contribution in [2.45, 2.75) is 25.8 Å². The van der Waals surface area contributed by atoms with Crippen LogP contribution in [0.5, 0.6) is 5.75 Å². The van der Waals surface area contributed by atoms with Crippen LogP contribution in [0.4, 0.5) is 0 Å². The van der Waals surface area contributed by atoms with Crippen LogP contribution in [0.1, 0.15) is 39.5 Å². The summed E-state index contributed by atoms with van der Waals surface area (Å²) in [4.78, 5) is 25.3. The molecule has 0 saturated carbocycles. The molecular formula is C21H20N2O3. The Bertz CT molecular complexity index is 1100. The number of para-hydroxylation sites is 1. The van der Waals surface area contributed by atoms with Crippen LogP contribution in [-0.2, 0) is 13.5 Å². The Morgan fingerprint density at radius 2 is 2.00 bits per heavy atom. The number of aromatic hydroxyl groups is 1.